The second kappa shape index (κ2) is 5.96. The molecule has 124 valence electrons. The van der Waals surface area contributed by atoms with Gasteiger partial charge >= 0.3 is 0 Å². The number of nitrogens with one attached hydrogen (secondary N) is 1. The van der Waals surface area contributed by atoms with Crippen molar-refractivity contribution in [1.82, 2.24) is 4.98 Å². The third kappa shape index (κ3) is 2.58. The van der Waals surface area contributed by atoms with E-state index in [1.807, 2.05) is 31.2 Å². The highest BCUT2D eigenvalue weighted by molar-refractivity contribution is 5.86. The van der Waals surface area contributed by atoms with Crippen LogP contribution in [0.1, 0.15) is 23.7 Å². The molecular formula is C20H22N2O2. The van der Waals surface area contributed by atoms with E-state index in [1.165, 1.54) is 10.9 Å². The molecule has 0 amide bonds. The Morgan fingerprint density at radius 2 is 2.04 bits per heavy atom. The lowest BCUT2D eigenvalue weighted by Crippen LogP contribution is -2.39. The summed E-state index contributed by atoms with van der Waals surface area (Å²) in [5.74, 6) is 0.883. The van der Waals surface area contributed by atoms with Crippen LogP contribution in [0.2, 0.25) is 0 Å². The highest BCUT2D eigenvalue weighted by atomic mass is 16.5. The molecule has 0 aliphatic carbocycles. The van der Waals surface area contributed by atoms with E-state index in [4.69, 9.17) is 15.2 Å². The third-order valence-corrected chi connectivity index (χ3v) is 4.82. The van der Waals surface area contributed by atoms with Gasteiger partial charge in [-0.05, 0) is 42.7 Å². The van der Waals surface area contributed by atoms with Crippen LogP contribution < -0.4 is 10.5 Å². The molecule has 3 aromatic rings. The maximum absolute atomic E-state index is 5.97. The number of aromatic amines is 1. The standard InChI is InChI=1S/C20H22N2O2/c1-20(13-21)19-16(9-10-24-20)17-11-15(7-8-18(17)22-19)23-12-14-5-3-2-4-6-14/h2-8,11,22H,9-10,12-13,21H2,1H3. The lowest BCUT2D eigenvalue weighted by atomic mass is 9.93. The highest BCUT2D eigenvalue weighted by Gasteiger charge is 2.34. The first-order valence-electron chi connectivity index (χ1n) is 8.35. The summed E-state index contributed by atoms with van der Waals surface area (Å²) < 4.78 is 11.9. The molecule has 1 aromatic heterocycles. The van der Waals surface area contributed by atoms with Crippen molar-refractivity contribution in [2.24, 2.45) is 5.73 Å². The quantitative estimate of drug-likeness (QED) is 0.773. The van der Waals surface area contributed by atoms with Gasteiger partial charge in [0.25, 0.3) is 0 Å². The molecule has 1 atom stereocenters. The minimum absolute atomic E-state index is 0.433. The maximum atomic E-state index is 5.97. The topological polar surface area (TPSA) is 60.3 Å². The fourth-order valence-electron chi connectivity index (χ4n) is 3.38. The minimum atomic E-state index is -0.433. The zero-order valence-corrected chi connectivity index (χ0v) is 13.8. The van der Waals surface area contributed by atoms with Gasteiger partial charge in [-0.2, -0.15) is 0 Å². The molecule has 0 radical (unpaired) electrons. The van der Waals surface area contributed by atoms with Gasteiger partial charge in [0.1, 0.15) is 18.0 Å². The van der Waals surface area contributed by atoms with Gasteiger partial charge in [0.2, 0.25) is 0 Å². The SMILES string of the molecule is CC1(CN)OCCc2c1[nH]c1ccc(OCc3ccccc3)cc21. The Kier molecular flexibility index (Phi) is 3.79. The van der Waals surface area contributed by atoms with E-state index in [-0.39, 0.29) is 0 Å². The van der Waals surface area contributed by atoms with E-state index in [0.29, 0.717) is 19.8 Å². The fourth-order valence-corrected chi connectivity index (χ4v) is 3.38. The Hall–Kier alpha value is -2.30. The molecule has 0 bridgehead atoms. The van der Waals surface area contributed by atoms with Gasteiger partial charge in [0.15, 0.2) is 0 Å². The van der Waals surface area contributed by atoms with Gasteiger partial charge in [0.05, 0.1) is 12.3 Å². The molecule has 4 rings (SSSR count). The normalized spacial score (nSPS) is 20.1. The number of fused-ring (bicyclic) bond motifs is 3. The molecule has 2 heterocycles. The van der Waals surface area contributed by atoms with E-state index in [1.54, 1.807) is 0 Å². The van der Waals surface area contributed by atoms with E-state index < -0.39 is 5.60 Å². The third-order valence-electron chi connectivity index (χ3n) is 4.82. The Morgan fingerprint density at radius 3 is 2.83 bits per heavy atom. The van der Waals surface area contributed by atoms with Gasteiger partial charge in [0, 0.05) is 17.4 Å². The first-order valence-corrected chi connectivity index (χ1v) is 8.35. The molecule has 3 N–H and O–H groups in total. The van der Waals surface area contributed by atoms with Crippen LogP contribution in [0.5, 0.6) is 5.75 Å². The zero-order valence-electron chi connectivity index (χ0n) is 13.8. The van der Waals surface area contributed by atoms with E-state index in [0.717, 1.165) is 28.9 Å². The summed E-state index contributed by atoms with van der Waals surface area (Å²) in [4.78, 5) is 3.50. The molecule has 4 nitrogen and oxygen atoms in total. The molecule has 1 unspecified atom stereocenters. The van der Waals surface area contributed by atoms with Gasteiger partial charge < -0.3 is 20.2 Å². The fraction of sp³-hybridized carbons (Fsp3) is 0.300. The number of H-pyrrole nitrogens is 1. The summed E-state index contributed by atoms with van der Waals surface area (Å²) in [6.07, 6.45) is 0.896. The molecule has 0 fully saturated rings. The van der Waals surface area contributed by atoms with Crippen molar-refractivity contribution in [3.63, 3.8) is 0 Å². The summed E-state index contributed by atoms with van der Waals surface area (Å²) in [7, 11) is 0. The van der Waals surface area contributed by atoms with Crippen molar-refractivity contribution < 1.29 is 9.47 Å². The van der Waals surface area contributed by atoms with E-state index in [2.05, 4.69) is 29.2 Å². The molecule has 0 spiro atoms. The van der Waals surface area contributed by atoms with Crippen molar-refractivity contribution in [2.45, 2.75) is 25.6 Å². The van der Waals surface area contributed by atoms with Gasteiger partial charge in [-0.15, -0.1) is 0 Å². The Bertz CT molecular complexity index is 857. The predicted octanol–water partition coefficient (Wildman–Crippen LogP) is 3.49. The lowest BCUT2D eigenvalue weighted by molar-refractivity contribution is -0.0414. The lowest BCUT2D eigenvalue weighted by Gasteiger charge is -2.32. The number of nitrogens with two attached hydrogens (primary N) is 1. The van der Waals surface area contributed by atoms with Gasteiger partial charge in [-0.1, -0.05) is 30.3 Å². The summed E-state index contributed by atoms with van der Waals surface area (Å²) >= 11 is 0. The predicted molar refractivity (Wildman–Crippen MR) is 95.1 cm³/mol. The van der Waals surface area contributed by atoms with Crippen LogP contribution >= 0.6 is 0 Å². The van der Waals surface area contributed by atoms with Crippen molar-refractivity contribution in [1.29, 1.82) is 0 Å². The van der Waals surface area contributed by atoms with Crippen LogP contribution in [0, 0.1) is 0 Å². The van der Waals surface area contributed by atoms with Crippen LogP contribution in [-0.4, -0.2) is 18.1 Å². The van der Waals surface area contributed by atoms with E-state index >= 15 is 0 Å². The number of aromatic nitrogens is 1. The second-order valence-electron chi connectivity index (χ2n) is 6.49. The van der Waals surface area contributed by atoms with Crippen molar-refractivity contribution in [3.05, 3.63) is 65.4 Å². The van der Waals surface area contributed by atoms with Crippen LogP contribution in [0.4, 0.5) is 0 Å². The summed E-state index contributed by atoms with van der Waals surface area (Å²) in [6.45, 7) is 3.78. The van der Waals surface area contributed by atoms with Crippen LogP contribution in [0.15, 0.2) is 48.5 Å². The number of ether oxygens (including phenoxy) is 2. The number of hydrogen-bond acceptors (Lipinski definition) is 3. The van der Waals surface area contributed by atoms with E-state index in [9.17, 15) is 0 Å². The number of benzene rings is 2. The average molecular weight is 322 g/mol. The molecular weight excluding hydrogens is 300 g/mol. The molecule has 1 aliphatic rings. The smallest absolute Gasteiger partial charge is 0.120 e. The summed E-state index contributed by atoms with van der Waals surface area (Å²) in [6, 6.07) is 16.4. The second-order valence-corrected chi connectivity index (χ2v) is 6.49. The van der Waals surface area contributed by atoms with Crippen LogP contribution in [0.25, 0.3) is 10.9 Å². The Morgan fingerprint density at radius 1 is 1.21 bits per heavy atom. The maximum Gasteiger partial charge on any atom is 0.120 e. The van der Waals surface area contributed by atoms with Crippen LogP contribution in [-0.2, 0) is 23.4 Å². The molecule has 2 aromatic carbocycles. The van der Waals surface area contributed by atoms with Crippen molar-refractivity contribution in [3.8, 4) is 5.75 Å². The monoisotopic (exact) mass is 322 g/mol. The average Bonchev–Trinajstić information content (AvgIpc) is 3.01. The van der Waals surface area contributed by atoms with Gasteiger partial charge in [-0.3, -0.25) is 0 Å². The van der Waals surface area contributed by atoms with Crippen LogP contribution in [0.3, 0.4) is 0 Å². The number of hydrogen-bond donors (Lipinski definition) is 2. The molecule has 24 heavy (non-hydrogen) atoms. The Balaban J connectivity index is 1.66. The minimum Gasteiger partial charge on any atom is -0.489 e. The molecule has 4 heteroatoms. The largest absolute Gasteiger partial charge is 0.489 e. The molecule has 1 aliphatic heterocycles. The first-order chi connectivity index (χ1) is 11.7. The highest BCUT2D eigenvalue weighted by Crippen LogP contribution is 2.37. The van der Waals surface area contributed by atoms with Crippen molar-refractivity contribution >= 4 is 10.9 Å². The Labute approximate surface area is 141 Å². The zero-order chi connectivity index (χ0) is 16.6. The number of rotatable bonds is 4. The van der Waals surface area contributed by atoms with Gasteiger partial charge in [-0.25, -0.2) is 0 Å². The van der Waals surface area contributed by atoms with Crippen molar-refractivity contribution in [2.75, 3.05) is 13.2 Å². The first kappa shape index (κ1) is 15.2. The molecule has 0 saturated heterocycles. The summed E-state index contributed by atoms with van der Waals surface area (Å²) in [5, 5.41) is 1.21. The summed E-state index contributed by atoms with van der Waals surface area (Å²) in [5.41, 5.74) is 10.2. The molecule has 0 saturated carbocycles.